The van der Waals surface area contributed by atoms with Crippen LogP contribution >= 0.6 is 0 Å². The molecule has 0 unspecified atom stereocenters. The number of hydrogen-bond acceptors (Lipinski definition) is 10. The average molecular weight is 617 g/mol. The second kappa shape index (κ2) is 12.2. The highest BCUT2D eigenvalue weighted by Crippen LogP contribution is 2.31. The van der Waals surface area contributed by atoms with Crippen molar-refractivity contribution in [3.05, 3.63) is 53.2 Å². The van der Waals surface area contributed by atoms with Crippen molar-refractivity contribution in [3.8, 4) is 0 Å². The molecule has 4 aliphatic heterocycles. The van der Waals surface area contributed by atoms with E-state index in [-0.39, 0.29) is 24.7 Å². The molecule has 0 radical (unpaired) electrons. The van der Waals surface area contributed by atoms with E-state index in [9.17, 15) is 24.0 Å². The Labute approximate surface area is 262 Å². The summed E-state index contributed by atoms with van der Waals surface area (Å²) in [5.41, 5.74) is 1.41. The van der Waals surface area contributed by atoms with Gasteiger partial charge in [0.25, 0.3) is 11.8 Å². The summed E-state index contributed by atoms with van der Waals surface area (Å²) < 4.78 is 5.44. The number of nitrogens with zero attached hydrogens (tertiary/aromatic N) is 5. The smallest absolute Gasteiger partial charge is 0.340 e. The predicted molar refractivity (Wildman–Crippen MR) is 166 cm³/mol. The standard InChI is InChI=1S/C33H40N6O6/c1-33(2,3)45-32(44)22-4-8-27(34-19-22)38-12-10-21(11-13-38)20-36-14-16-37(17-15-36)23-5-6-24-25(18-23)31(43)39(30(24)42)26-7-9-28(40)35-29(26)41/h4-6,8,18-19,21,26H,7,9-17,20H2,1-3H3,(H,35,40,41)/t26-/m0/s1. The van der Waals surface area contributed by atoms with Gasteiger partial charge in [-0.2, -0.15) is 0 Å². The minimum absolute atomic E-state index is 0.0980. The predicted octanol–water partition coefficient (Wildman–Crippen LogP) is 2.48. The van der Waals surface area contributed by atoms with Crippen molar-refractivity contribution in [2.45, 2.75) is 58.1 Å². The number of esters is 1. The minimum atomic E-state index is -0.963. The lowest BCUT2D eigenvalue weighted by atomic mass is 9.96. The second-order valence-corrected chi connectivity index (χ2v) is 13.3. The van der Waals surface area contributed by atoms with Crippen molar-refractivity contribution in [1.82, 2.24) is 20.1 Å². The quantitative estimate of drug-likeness (QED) is 0.381. The van der Waals surface area contributed by atoms with Gasteiger partial charge in [0.05, 0.1) is 16.7 Å². The fourth-order valence-corrected chi connectivity index (χ4v) is 6.59. The van der Waals surface area contributed by atoms with Crippen LogP contribution in [0.4, 0.5) is 11.5 Å². The van der Waals surface area contributed by atoms with E-state index in [1.807, 2.05) is 32.9 Å². The van der Waals surface area contributed by atoms with Crippen LogP contribution in [0, 0.1) is 5.92 Å². The molecule has 45 heavy (non-hydrogen) atoms. The van der Waals surface area contributed by atoms with E-state index in [2.05, 4.69) is 25.0 Å². The van der Waals surface area contributed by atoms with Gasteiger partial charge in [0.2, 0.25) is 11.8 Å². The third kappa shape index (κ3) is 6.56. The number of rotatable bonds is 6. The average Bonchev–Trinajstić information content (AvgIpc) is 3.26. The van der Waals surface area contributed by atoms with Crippen molar-refractivity contribution >= 4 is 41.1 Å². The molecule has 0 bridgehead atoms. The van der Waals surface area contributed by atoms with E-state index in [1.165, 1.54) is 0 Å². The molecule has 238 valence electrons. The number of imide groups is 2. The monoisotopic (exact) mass is 616 g/mol. The lowest BCUT2D eigenvalue weighted by molar-refractivity contribution is -0.136. The van der Waals surface area contributed by atoms with Gasteiger partial charge in [-0.05, 0) is 76.3 Å². The molecule has 2 aromatic rings. The maximum Gasteiger partial charge on any atom is 0.340 e. The SMILES string of the molecule is CC(C)(C)OC(=O)c1ccc(N2CCC(CN3CCN(c4ccc5c(c4)C(=O)N([C@H]4CCC(=O)NC4=O)C5=O)CC3)CC2)nc1. The first-order valence-electron chi connectivity index (χ1n) is 15.7. The van der Waals surface area contributed by atoms with Crippen molar-refractivity contribution in [2.24, 2.45) is 5.92 Å². The summed E-state index contributed by atoms with van der Waals surface area (Å²) in [6.45, 7) is 11.8. The van der Waals surface area contributed by atoms with Gasteiger partial charge in [0, 0.05) is 64.1 Å². The first kappa shape index (κ1) is 30.7. The lowest BCUT2D eigenvalue weighted by Crippen LogP contribution is -2.54. The summed E-state index contributed by atoms with van der Waals surface area (Å²) in [6, 6.07) is 8.03. The molecule has 3 fully saturated rings. The molecular formula is C33H40N6O6. The maximum atomic E-state index is 13.2. The molecule has 1 aromatic heterocycles. The number of carbonyl (C=O) groups excluding carboxylic acids is 5. The zero-order valence-corrected chi connectivity index (χ0v) is 26.1. The highest BCUT2D eigenvalue weighted by atomic mass is 16.6. The highest BCUT2D eigenvalue weighted by molar-refractivity contribution is 6.23. The number of amides is 4. The van der Waals surface area contributed by atoms with Gasteiger partial charge in [-0.3, -0.25) is 34.3 Å². The normalized spacial score (nSPS) is 21.7. The summed E-state index contributed by atoms with van der Waals surface area (Å²) in [5.74, 6) is -0.850. The van der Waals surface area contributed by atoms with Crippen LogP contribution in [0.1, 0.15) is 77.5 Å². The number of benzene rings is 1. The number of fused-ring (bicyclic) bond motifs is 1. The van der Waals surface area contributed by atoms with Gasteiger partial charge < -0.3 is 14.5 Å². The Balaban J connectivity index is 0.981. The maximum absolute atomic E-state index is 13.2. The van der Waals surface area contributed by atoms with Crippen LogP contribution < -0.4 is 15.1 Å². The molecule has 4 amide bonds. The van der Waals surface area contributed by atoms with Crippen LogP contribution in [0.3, 0.4) is 0 Å². The van der Waals surface area contributed by atoms with Crippen LogP contribution in [0.2, 0.25) is 0 Å². The fraction of sp³-hybridized carbons (Fsp3) is 0.515. The van der Waals surface area contributed by atoms with Crippen molar-refractivity contribution in [3.63, 3.8) is 0 Å². The largest absolute Gasteiger partial charge is 0.456 e. The Morgan fingerprint density at radius 3 is 2.24 bits per heavy atom. The van der Waals surface area contributed by atoms with E-state index >= 15 is 0 Å². The molecule has 0 aliphatic carbocycles. The number of anilines is 2. The molecule has 6 rings (SSSR count). The number of hydrogen-bond donors (Lipinski definition) is 1. The third-order valence-electron chi connectivity index (χ3n) is 9.00. The number of pyridine rings is 1. The number of piperazine rings is 1. The van der Waals surface area contributed by atoms with Gasteiger partial charge in [-0.1, -0.05) is 0 Å². The Kier molecular flexibility index (Phi) is 8.34. The van der Waals surface area contributed by atoms with Gasteiger partial charge in [0.1, 0.15) is 17.5 Å². The summed E-state index contributed by atoms with van der Waals surface area (Å²) >= 11 is 0. The van der Waals surface area contributed by atoms with Crippen LogP contribution in [0.25, 0.3) is 0 Å². The van der Waals surface area contributed by atoms with Gasteiger partial charge in [-0.15, -0.1) is 0 Å². The van der Waals surface area contributed by atoms with E-state index in [1.54, 1.807) is 24.4 Å². The topological polar surface area (TPSA) is 132 Å². The van der Waals surface area contributed by atoms with Crippen molar-refractivity contribution in [2.75, 3.05) is 55.6 Å². The molecular weight excluding hydrogens is 576 g/mol. The van der Waals surface area contributed by atoms with E-state index in [4.69, 9.17) is 4.74 Å². The van der Waals surface area contributed by atoms with Crippen LogP contribution in [-0.4, -0.2) is 102 Å². The van der Waals surface area contributed by atoms with Crippen LogP contribution in [-0.2, 0) is 14.3 Å². The molecule has 3 saturated heterocycles. The molecule has 1 atom stereocenters. The zero-order valence-electron chi connectivity index (χ0n) is 26.1. The second-order valence-electron chi connectivity index (χ2n) is 13.3. The van der Waals surface area contributed by atoms with Gasteiger partial charge in [0.15, 0.2) is 0 Å². The Hall–Kier alpha value is -4.32. The molecule has 1 aromatic carbocycles. The number of aromatic nitrogens is 1. The molecule has 4 aliphatic rings. The van der Waals surface area contributed by atoms with E-state index in [0.29, 0.717) is 22.6 Å². The Bertz CT molecular complexity index is 1500. The number of nitrogens with one attached hydrogen (secondary N) is 1. The Morgan fingerprint density at radius 2 is 1.60 bits per heavy atom. The molecule has 5 heterocycles. The highest BCUT2D eigenvalue weighted by Gasteiger charge is 2.44. The summed E-state index contributed by atoms with van der Waals surface area (Å²) in [7, 11) is 0. The molecule has 12 nitrogen and oxygen atoms in total. The first-order valence-corrected chi connectivity index (χ1v) is 15.7. The van der Waals surface area contributed by atoms with Crippen molar-refractivity contribution < 1.29 is 28.7 Å². The minimum Gasteiger partial charge on any atom is -0.456 e. The molecule has 12 heteroatoms. The summed E-state index contributed by atoms with van der Waals surface area (Å²) in [5, 5.41) is 2.23. The van der Waals surface area contributed by atoms with E-state index < -0.39 is 29.4 Å². The lowest BCUT2D eigenvalue weighted by Gasteiger charge is -2.40. The molecule has 1 N–H and O–H groups in total. The number of piperidine rings is 2. The van der Waals surface area contributed by atoms with Gasteiger partial charge >= 0.3 is 5.97 Å². The summed E-state index contributed by atoms with van der Waals surface area (Å²) in [4.78, 5) is 75.0. The summed E-state index contributed by atoms with van der Waals surface area (Å²) in [6.07, 6.45) is 3.98. The number of carbonyl (C=O) groups is 5. The van der Waals surface area contributed by atoms with Crippen molar-refractivity contribution in [1.29, 1.82) is 0 Å². The molecule has 0 saturated carbocycles. The fourth-order valence-electron chi connectivity index (χ4n) is 6.59. The number of ether oxygens (including phenoxy) is 1. The van der Waals surface area contributed by atoms with Crippen LogP contribution in [0.5, 0.6) is 0 Å². The van der Waals surface area contributed by atoms with E-state index in [0.717, 1.165) is 75.1 Å². The van der Waals surface area contributed by atoms with Gasteiger partial charge in [-0.25, -0.2) is 9.78 Å². The Morgan fingerprint density at radius 1 is 0.889 bits per heavy atom. The van der Waals surface area contributed by atoms with Crippen LogP contribution in [0.15, 0.2) is 36.5 Å². The first-order chi connectivity index (χ1) is 21.5. The molecule has 0 spiro atoms. The zero-order chi connectivity index (χ0) is 31.9. The third-order valence-corrected chi connectivity index (χ3v) is 9.00.